The topological polar surface area (TPSA) is 42.3 Å². The van der Waals surface area contributed by atoms with Crippen LogP contribution in [-0.2, 0) is 20.0 Å². The fraction of sp³-hybridized carbons (Fsp3) is 0.500. The lowest BCUT2D eigenvalue weighted by atomic mass is 9.97. The van der Waals surface area contributed by atoms with E-state index in [1.54, 1.807) is 0 Å². The van der Waals surface area contributed by atoms with Crippen LogP contribution < -0.4 is 15.0 Å². The highest BCUT2D eigenvalue weighted by Crippen LogP contribution is 2.26. The molecular weight excluding hydrogens is 288 g/mol. The summed E-state index contributed by atoms with van der Waals surface area (Å²) in [6, 6.07) is 8.34. The number of aromatic nitrogens is 2. The minimum absolute atomic E-state index is 0.518. The van der Waals surface area contributed by atoms with Crippen molar-refractivity contribution in [1.82, 2.24) is 15.1 Å². The summed E-state index contributed by atoms with van der Waals surface area (Å²) < 4.78 is 7.81. The summed E-state index contributed by atoms with van der Waals surface area (Å²) in [5, 5.41) is 8.13. The Bertz CT molecular complexity index is 678. The summed E-state index contributed by atoms with van der Waals surface area (Å²) in [5.41, 5.74) is 3.68. The van der Waals surface area contributed by atoms with Gasteiger partial charge in [0.1, 0.15) is 11.6 Å². The summed E-state index contributed by atoms with van der Waals surface area (Å²) >= 11 is 0. The second-order valence-electron chi connectivity index (χ2n) is 6.53. The molecule has 5 heteroatoms. The van der Waals surface area contributed by atoms with Crippen molar-refractivity contribution in [1.29, 1.82) is 0 Å². The lowest BCUT2D eigenvalue weighted by Crippen LogP contribution is -2.31. The molecule has 0 aliphatic carbocycles. The summed E-state index contributed by atoms with van der Waals surface area (Å²) in [6.45, 7) is 4.65. The molecule has 1 N–H and O–H groups in total. The van der Waals surface area contributed by atoms with Gasteiger partial charge in [-0.3, -0.25) is 4.68 Å². The van der Waals surface area contributed by atoms with Gasteiger partial charge in [-0.1, -0.05) is 18.2 Å². The second kappa shape index (κ2) is 6.62. The Morgan fingerprint density at radius 2 is 2.13 bits per heavy atom. The van der Waals surface area contributed by atoms with Gasteiger partial charge in [0.05, 0.1) is 12.3 Å². The van der Waals surface area contributed by atoms with Crippen LogP contribution in [0.3, 0.4) is 0 Å². The van der Waals surface area contributed by atoms with Crippen LogP contribution >= 0.6 is 0 Å². The smallest absolute Gasteiger partial charge is 0.130 e. The Morgan fingerprint density at radius 1 is 1.35 bits per heavy atom. The number of nitrogens with zero attached hydrogens (tertiary/aromatic N) is 3. The van der Waals surface area contributed by atoms with Gasteiger partial charge in [0.2, 0.25) is 0 Å². The molecule has 1 aliphatic heterocycles. The van der Waals surface area contributed by atoms with E-state index < -0.39 is 0 Å². The van der Waals surface area contributed by atoms with Gasteiger partial charge in [0.25, 0.3) is 0 Å². The average molecular weight is 314 g/mol. The second-order valence-corrected chi connectivity index (χ2v) is 6.53. The largest absolute Gasteiger partial charge is 0.493 e. The highest BCUT2D eigenvalue weighted by Gasteiger charge is 2.20. The SMILES string of the molecule is Cc1nn(C)c(N(C)C)c1CNCC1COc2ccccc2C1. The first-order valence-electron chi connectivity index (χ1n) is 8.17. The van der Waals surface area contributed by atoms with E-state index in [9.17, 15) is 0 Å². The number of aryl methyl sites for hydroxylation is 2. The minimum Gasteiger partial charge on any atom is -0.493 e. The molecule has 1 atom stereocenters. The summed E-state index contributed by atoms with van der Waals surface area (Å²) in [5.74, 6) is 2.73. The van der Waals surface area contributed by atoms with Crippen molar-refractivity contribution in [3.63, 3.8) is 0 Å². The molecule has 0 amide bonds. The first-order chi connectivity index (χ1) is 11.1. The number of hydrogen-bond donors (Lipinski definition) is 1. The van der Waals surface area contributed by atoms with Crippen molar-refractivity contribution in [3.8, 4) is 5.75 Å². The van der Waals surface area contributed by atoms with E-state index >= 15 is 0 Å². The third-order valence-corrected chi connectivity index (χ3v) is 4.43. The number of fused-ring (bicyclic) bond motifs is 1. The molecule has 5 nitrogen and oxygen atoms in total. The number of rotatable bonds is 5. The Labute approximate surface area is 138 Å². The highest BCUT2D eigenvalue weighted by molar-refractivity contribution is 5.48. The molecule has 1 aromatic carbocycles. The van der Waals surface area contributed by atoms with E-state index in [4.69, 9.17) is 4.74 Å². The third kappa shape index (κ3) is 3.34. The lowest BCUT2D eigenvalue weighted by molar-refractivity contribution is 0.218. The molecule has 1 aliphatic rings. The molecular formula is C18H26N4O. The standard InChI is InChI=1S/C18H26N4O/c1-13-16(18(21(2)3)22(4)20-13)11-19-10-14-9-15-7-5-6-8-17(15)23-12-14/h5-8,14,19H,9-12H2,1-4H3. The summed E-state index contributed by atoms with van der Waals surface area (Å²) in [4.78, 5) is 2.12. The quantitative estimate of drug-likeness (QED) is 0.918. The van der Waals surface area contributed by atoms with E-state index in [1.807, 2.05) is 17.8 Å². The van der Waals surface area contributed by atoms with Gasteiger partial charge in [-0.2, -0.15) is 5.10 Å². The summed E-state index contributed by atoms with van der Waals surface area (Å²) in [6.07, 6.45) is 1.08. The van der Waals surface area contributed by atoms with Crippen molar-refractivity contribution in [2.24, 2.45) is 13.0 Å². The molecule has 0 radical (unpaired) electrons. The van der Waals surface area contributed by atoms with Crippen LogP contribution in [0.25, 0.3) is 0 Å². The van der Waals surface area contributed by atoms with E-state index in [-0.39, 0.29) is 0 Å². The number of ether oxygens (including phenoxy) is 1. The Balaban J connectivity index is 1.59. The van der Waals surface area contributed by atoms with E-state index in [0.717, 1.165) is 37.6 Å². The molecule has 1 aromatic heterocycles. The predicted molar refractivity (Wildman–Crippen MR) is 93.1 cm³/mol. The average Bonchev–Trinajstić information content (AvgIpc) is 2.81. The van der Waals surface area contributed by atoms with Gasteiger partial charge >= 0.3 is 0 Å². The fourth-order valence-corrected chi connectivity index (χ4v) is 3.38. The normalized spacial score (nSPS) is 16.8. The van der Waals surface area contributed by atoms with Crippen molar-refractivity contribution < 1.29 is 4.74 Å². The molecule has 0 spiro atoms. The molecule has 0 fully saturated rings. The van der Waals surface area contributed by atoms with Crippen LogP contribution in [0.15, 0.2) is 24.3 Å². The number of anilines is 1. The molecule has 0 saturated carbocycles. The molecule has 3 rings (SSSR count). The zero-order valence-corrected chi connectivity index (χ0v) is 14.5. The van der Waals surface area contributed by atoms with Gasteiger partial charge in [0.15, 0.2) is 0 Å². The third-order valence-electron chi connectivity index (χ3n) is 4.43. The van der Waals surface area contributed by atoms with Gasteiger partial charge in [-0.25, -0.2) is 0 Å². The zero-order valence-electron chi connectivity index (χ0n) is 14.5. The number of para-hydroxylation sites is 1. The van der Waals surface area contributed by atoms with E-state index in [2.05, 4.69) is 54.5 Å². The maximum Gasteiger partial charge on any atom is 0.130 e. The van der Waals surface area contributed by atoms with Crippen molar-refractivity contribution in [3.05, 3.63) is 41.1 Å². The number of hydrogen-bond acceptors (Lipinski definition) is 4. The molecule has 124 valence electrons. The first-order valence-corrected chi connectivity index (χ1v) is 8.17. The Hall–Kier alpha value is -2.01. The summed E-state index contributed by atoms with van der Waals surface area (Å²) in [7, 11) is 6.12. The zero-order chi connectivity index (χ0) is 16.4. The van der Waals surface area contributed by atoms with Crippen LogP contribution in [0, 0.1) is 12.8 Å². The number of nitrogens with one attached hydrogen (secondary N) is 1. The van der Waals surface area contributed by atoms with Gasteiger partial charge in [-0.05, 0) is 25.0 Å². The van der Waals surface area contributed by atoms with Gasteiger partial charge in [0, 0.05) is 45.7 Å². The minimum atomic E-state index is 0.518. The lowest BCUT2D eigenvalue weighted by Gasteiger charge is -2.25. The Morgan fingerprint density at radius 3 is 2.91 bits per heavy atom. The number of benzene rings is 1. The highest BCUT2D eigenvalue weighted by atomic mass is 16.5. The van der Waals surface area contributed by atoms with Crippen LogP contribution in [0.4, 0.5) is 5.82 Å². The molecule has 1 unspecified atom stereocenters. The predicted octanol–water partition coefficient (Wildman–Crippen LogP) is 2.14. The molecule has 2 aromatic rings. The monoisotopic (exact) mass is 314 g/mol. The molecule has 23 heavy (non-hydrogen) atoms. The first kappa shape index (κ1) is 15.9. The van der Waals surface area contributed by atoms with Crippen LogP contribution in [0.1, 0.15) is 16.8 Å². The molecule has 0 bridgehead atoms. The fourth-order valence-electron chi connectivity index (χ4n) is 3.38. The van der Waals surface area contributed by atoms with Crippen molar-refractivity contribution >= 4 is 5.82 Å². The maximum absolute atomic E-state index is 5.86. The van der Waals surface area contributed by atoms with Gasteiger partial charge < -0.3 is 15.0 Å². The molecule has 2 heterocycles. The van der Waals surface area contributed by atoms with Crippen LogP contribution in [0.2, 0.25) is 0 Å². The Kier molecular flexibility index (Phi) is 4.57. The van der Waals surface area contributed by atoms with Crippen molar-refractivity contribution in [2.45, 2.75) is 19.9 Å². The van der Waals surface area contributed by atoms with Gasteiger partial charge in [-0.15, -0.1) is 0 Å². The molecule has 0 saturated heterocycles. The van der Waals surface area contributed by atoms with E-state index in [1.165, 1.54) is 16.9 Å². The maximum atomic E-state index is 5.86. The van der Waals surface area contributed by atoms with Crippen molar-refractivity contribution in [2.75, 3.05) is 32.1 Å². The van der Waals surface area contributed by atoms with Crippen LogP contribution in [-0.4, -0.2) is 37.0 Å². The van der Waals surface area contributed by atoms with E-state index in [0.29, 0.717) is 5.92 Å². The van der Waals surface area contributed by atoms with Crippen LogP contribution in [0.5, 0.6) is 5.75 Å².